The first-order chi connectivity index (χ1) is 6.63. The molecule has 0 amide bonds. The molecular weight excluding hydrogens is 229 g/mol. The van der Waals surface area contributed by atoms with Crippen molar-refractivity contribution < 1.29 is 17.9 Å². The highest BCUT2D eigenvalue weighted by Gasteiger charge is 2.32. The zero-order chi connectivity index (χ0) is 12.2. The molecular formula is C10H12ClF3O. The highest BCUT2D eigenvalue weighted by molar-refractivity contribution is 6.31. The summed E-state index contributed by atoms with van der Waals surface area (Å²) in [5.41, 5.74) is 0.604. The molecule has 0 aliphatic rings. The fourth-order valence-corrected chi connectivity index (χ4v) is 0.777. The van der Waals surface area contributed by atoms with Crippen molar-refractivity contribution in [1.29, 1.82) is 0 Å². The number of hydrogen-bond acceptors (Lipinski definition) is 1. The molecule has 15 heavy (non-hydrogen) atoms. The van der Waals surface area contributed by atoms with Crippen LogP contribution in [0.4, 0.5) is 13.2 Å². The van der Waals surface area contributed by atoms with E-state index in [1.54, 1.807) is 0 Å². The molecule has 0 spiro atoms. The SMILES string of the molecule is C=C(OC(F)(F)F)/C(Cl)=C\C(=C)C(C)C. The highest BCUT2D eigenvalue weighted by Crippen LogP contribution is 2.26. The molecule has 5 heteroatoms. The number of rotatable bonds is 4. The van der Waals surface area contributed by atoms with E-state index in [9.17, 15) is 13.2 Å². The number of allylic oxidation sites excluding steroid dienone is 3. The van der Waals surface area contributed by atoms with Crippen LogP contribution in [-0.2, 0) is 4.74 Å². The van der Waals surface area contributed by atoms with Crippen LogP contribution < -0.4 is 0 Å². The summed E-state index contributed by atoms with van der Waals surface area (Å²) in [5.74, 6) is -0.539. The zero-order valence-electron chi connectivity index (χ0n) is 8.49. The van der Waals surface area contributed by atoms with Gasteiger partial charge < -0.3 is 4.74 Å². The van der Waals surface area contributed by atoms with Crippen LogP contribution in [0.2, 0.25) is 0 Å². The maximum atomic E-state index is 11.8. The van der Waals surface area contributed by atoms with Gasteiger partial charge in [-0.3, -0.25) is 0 Å². The molecule has 0 radical (unpaired) electrons. The normalized spacial score (nSPS) is 12.9. The van der Waals surface area contributed by atoms with Crippen molar-refractivity contribution >= 4 is 11.6 Å². The zero-order valence-corrected chi connectivity index (χ0v) is 9.24. The first-order valence-electron chi connectivity index (χ1n) is 4.14. The van der Waals surface area contributed by atoms with Crippen molar-refractivity contribution in [2.75, 3.05) is 0 Å². The van der Waals surface area contributed by atoms with E-state index >= 15 is 0 Å². The van der Waals surface area contributed by atoms with Crippen LogP contribution in [0, 0.1) is 5.92 Å². The van der Waals surface area contributed by atoms with Crippen molar-refractivity contribution in [3.8, 4) is 0 Å². The van der Waals surface area contributed by atoms with E-state index in [0.717, 1.165) is 0 Å². The molecule has 86 valence electrons. The standard InChI is InChI=1S/C10H12ClF3O/c1-6(2)7(3)5-9(11)8(4)15-10(12,13)14/h5-6H,3-4H2,1-2H3/b9-5+. The summed E-state index contributed by atoms with van der Waals surface area (Å²) in [6.07, 6.45) is -3.47. The summed E-state index contributed by atoms with van der Waals surface area (Å²) in [6.45, 7) is 10.4. The van der Waals surface area contributed by atoms with Gasteiger partial charge in [-0.15, -0.1) is 13.2 Å². The van der Waals surface area contributed by atoms with Crippen LogP contribution in [0.5, 0.6) is 0 Å². The Labute approximate surface area is 91.9 Å². The van der Waals surface area contributed by atoms with Crippen molar-refractivity contribution in [2.24, 2.45) is 5.92 Å². The monoisotopic (exact) mass is 240 g/mol. The lowest BCUT2D eigenvalue weighted by Crippen LogP contribution is -2.12. The Balaban J connectivity index is 4.52. The molecule has 0 aliphatic carbocycles. The van der Waals surface area contributed by atoms with Crippen molar-refractivity contribution in [1.82, 2.24) is 0 Å². The van der Waals surface area contributed by atoms with E-state index in [1.807, 2.05) is 13.8 Å². The van der Waals surface area contributed by atoms with Crippen LogP contribution in [0.25, 0.3) is 0 Å². The van der Waals surface area contributed by atoms with Gasteiger partial charge in [-0.2, -0.15) is 0 Å². The first-order valence-corrected chi connectivity index (χ1v) is 4.52. The summed E-state index contributed by atoms with van der Waals surface area (Å²) >= 11 is 5.55. The predicted octanol–water partition coefficient (Wildman–Crippen LogP) is 4.37. The Morgan fingerprint density at radius 1 is 1.33 bits per heavy atom. The Morgan fingerprint density at radius 3 is 2.13 bits per heavy atom. The predicted molar refractivity (Wildman–Crippen MR) is 54.2 cm³/mol. The quantitative estimate of drug-likeness (QED) is 0.524. The minimum absolute atomic E-state index is 0.0948. The van der Waals surface area contributed by atoms with E-state index in [2.05, 4.69) is 17.9 Å². The van der Waals surface area contributed by atoms with Gasteiger partial charge in [0.05, 0.1) is 5.03 Å². The summed E-state index contributed by atoms with van der Waals surface area (Å²) in [4.78, 5) is 0. The van der Waals surface area contributed by atoms with Crippen LogP contribution in [0.1, 0.15) is 13.8 Å². The molecule has 0 unspecified atom stereocenters. The lowest BCUT2D eigenvalue weighted by molar-refractivity contribution is -0.303. The Kier molecular flexibility index (Phi) is 4.94. The van der Waals surface area contributed by atoms with Gasteiger partial charge in [0.2, 0.25) is 0 Å². The van der Waals surface area contributed by atoms with Gasteiger partial charge in [-0.25, -0.2) is 0 Å². The van der Waals surface area contributed by atoms with Crippen molar-refractivity contribution in [2.45, 2.75) is 20.2 Å². The molecule has 0 aliphatic heterocycles. The molecule has 0 fully saturated rings. The molecule has 1 nitrogen and oxygen atoms in total. The molecule has 0 atom stereocenters. The lowest BCUT2D eigenvalue weighted by atomic mass is 10.1. The second-order valence-corrected chi connectivity index (χ2v) is 3.60. The number of hydrogen-bond donors (Lipinski definition) is 0. The Hall–Kier alpha value is -0.900. The molecule has 0 N–H and O–H groups in total. The minimum atomic E-state index is -4.77. The third-order valence-electron chi connectivity index (χ3n) is 1.56. The highest BCUT2D eigenvalue weighted by atomic mass is 35.5. The molecule has 0 aromatic rings. The fourth-order valence-electron chi connectivity index (χ4n) is 0.598. The third kappa shape index (κ3) is 6.23. The number of ether oxygens (including phenoxy) is 1. The van der Waals surface area contributed by atoms with Gasteiger partial charge in [0.15, 0.2) is 0 Å². The lowest BCUT2D eigenvalue weighted by Gasteiger charge is -2.11. The second kappa shape index (κ2) is 5.26. The average Bonchev–Trinajstić information content (AvgIpc) is 2.00. The molecule has 0 aromatic carbocycles. The molecule has 0 saturated carbocycles. The number of alkyl halides is 3. The molecule has 0 heterocycles. The maximum absolute atomic E-state index is 11.8. The topological polar surface area (TPSA) is 9.23 Å². The van der Waals surface area contributed by atoms with Gasteiger partial charge in [-0.1, -0.05) is 44.2 Å². The summed E-state index contributed by atoms with van der Waals surface area (Å²) in [6, 6.07) is 0. The van der Waals surface area contributed by atoms with Gasteiger partial charge in [0.1, 0.15) is 5.76 Å². The van der Waals surface area contributed by atoms with Crippen LogP contribution >= 0.6 is 11.6 Å². The molecule has 0 saturated heterocycles. The van der Waals surface area contributed by atoms with Crippen LogP contribution in [-0.4, -0.2) is 6.36 Å². The van der Waals surface area contributed by atoms with Crippen molar-refractivity contribution in [3.63, 3.8) is 0 Å². The van der Waals surface area contributed by atoms with E-state index in [1.165, 1.54) is 6.08 Å². The van der Waals surface area contributed by atoms with Gasteiger partial charge in [0, 0.05) is 0 Å². The third-order valence-corrected chi connectivity index (χ3v) is 1.88. The van der Waals surface area contributed by atoms with Gasteiger partial charge >= 0.3 is 6.36 Å². The molecule has 0 bridgehead atoms. The first kappa shape index (κ1) is 14.1. The summed E-state index contributed by atoms with van der Waals surface area (Å²) < 4.78 is 38.9. The smallest absolute Gasteiger partial charge is 0.405 e. The largest absolute Gasteiger partial charge is 0.573 e. The average molecular weight is 241 g/mol. The van der Waals surface area contributed by atoms with Gasteiger partial charge in [-0.05, 0) is 12.0 Å². The summed E-state index contributed by atoms with van der Waals surface area (Å²) in [7, 11) is 0. The van der Waals surface area contributed by atoms with E-state index in [-0.39, 0.29) is 11.0 Å². The van der Waals surface area contributed by atoms with Gasteiger partial charge in [0.25, 0.3) is 0 Å². The van der Waals surface area contributed by atoms with Crippen LogP contribution in [0.3, 0.4) is 0 Å². The second-order valence-electron chi connectivity index (χ2n) is 3.19. The van der Waals surface area contributed by atoms with Crippen molar-refractivity contribution in [3.05, 3.63) is 35.6 Å². The Bertz CT molecular complexity index is 290. The van der Waals surface area contributed by atoms with E-state index in [0.29, 0.717) is 5.57 Å². The minimum Gasteiger partial charge on any atom is -0.405 e. The Morgan fingerprint density at radius 2 is 1.80 bits per heavy atom. The number of halogens is 4. The maximum Gasteiger partial charge on any atom is 0.573 e. The molecule has 0 rings (SSSR count). The molecule has 0 aromatic heterocycles. The van der Waals surface area contributed by atoms with E-state index < -0.39 is 12.1 Å². The fraction of sp³-hybridized carbons (Fsp3) is 0.400. The summed E-state index contributed by atoms with van der Waals surface area (Å²) in [5, 5.41) is -0.203. The van der Waals surface area contributed by atoms with Crippen LogP contribution in [0.15, 0.2) is 35.6 Å². The van der Waals surface area contributed by atoms with E-state index in [4.69, 9.17) is 11.6 Å².